The van der Waals surface area contributed by atoms with Crippen molar-refractivity contribution in [2.45, 2.75) is 25.8 Å². The fraction of sp³-hybridized carbons (Fsp3) is 0.231. The van der Waals surface area contributed by atoms with Gasteiger partial charge in [0.25, 0.3) is 5.91 Å². The fourth-order valence-electron chi connectivity index (χ4n) is 3.91. The number of nitrogens with two attached hydrogens (primary N) is 1. The molecule has 0 spiro atoms. The number of benzene rings is 3. The molecule has 3 aromatic carbocycles. The topological polar surface area (TPSA) is 87.5 Å². The van der Waals surface area contributed by atoms with E-state index in [1.807, 2.05) is 30.3 Å². The van der Waals surface area contributed by atoms with Gasteiger partial charge in [0.1, 0.15) is 0 Å². The highest BCUT2D eigenvalue weighted by atomic mass is 16.2. The predicted molar refractivity (Wildman–Crippen MR) is 129 cm³/mol. The molecule has 0 atom stereocenters. The summed E-state index contributed by atoms with van der Waals surface area (Å²) in [7, 11) is 0. The van der Waals surface area contributed by atoms with E-state index in [4.69, 9.17) is 5.73 Å². The van der Waals surface area contributed by atoms with Crippen LogP contribution in [-0.4, -0.2) is 29.8 Å². The van der Waals surface area contributed by atoms with E-state index in [9.17, 15) is 9.59 Å². The van der Waals surface area contributed by atoms with Crippen molar-refractivity contribution in [3.05, 3.63) is 89.5 Å². The van der Waals surface area contributed by atoms with Crippen LogP contribution in [-0.2, 0) is 17.8 Å². The first-order chi connectivity index (χ1) is 15.6. The Kier molecular flexibility index (Phi) is 6.82. The van der Waals surface area contributed by atoms with Crippen molar-refractivity contribution < 1.29 is 9.59 Å². The summed E-state index contributed by atoms with van der Waals surface area (Å²) >= 11 is 0. The van der Waals surface area contributed by atoms with Gasteiger partial charge in [0.2, 0.25) is 5.91 Å². The number of hydrogen-bond acceptors (Lipinski definition) is 4. The Hall–Kier alpha value is -3.64. The molecule has 0 unspecified atom stereocenters. The summed E-state index contributed by atoms with van der Waals surface area (Å²) in [6.45, 7) is 3.26. The second kappa shape index (κ2) is 10.1. The summed E-state index contributed by atoms with van der Waals surface area (Å²) in [6, 6.07) is 22.2. The molecule has 6 heteroatoms. The molecule has 4 N–H and O–H groups in total. The third-order valence-corrected chi connectivity index (χ3v) is 5.63. The minimum absolute atomic E-state index is 0.173. The maximum atomic E-state index is 12.7. The number of amides is 2. The minimum Gasteiger partial charge on any atom is -0.398 e. The molecular weight excluding hydrogens is 400 g/mol. The maximum absolute atomic E-state index is 12.7. The molecule has 0 aromatic heterocycles. The molecule has 0 bridgehead atoms. The Labute approximate surface area is 188 Å². The van der Waals surface area contributed by atoms with Crippen molar-refractivity contribution in [1.82, 2.24) is 4.90 Å². The van der Waals surface area contributed by atoms with Gasteiger partial charge in [-0.2, -0.15) is 0 Å². The lowest BCUT2D eigenvalue weighted by Gasteiger charge is -2.15. The van der Waals surface area contributed by atoms with Crippen molar-refractivity contribution in [3.8, 4) is 0 Å². The van der Waals surface area contributed by atoms with Crippen LogP contribution < -0.4 is 16.4 Å². The Bertz CT molecular complexity index is 1090. The molecule has 0 saturated carbocycles. The molecule has 1 fully saturated rings. The Morgan fingerprint density at radius 1 is 0.844 bits per heavy atom. The monoisotopic (exact) mass is 428 g/mol. The van der Waals surface area contributed by atoms with Crippen LogP contribution in [0.3, 0.4) is 0 Å². The molecule has 0 aliphatic carbocycles. The van der Waals surface area contributed by atoms with E-state index in [0.29, 0.717) is 16.9 Å². The quantitative estimate of drug-likeness (QED) is 0.490. The zero-order valence-corrected chi connectivity index (χ0v) is 18.0. The highest BCUT2D eigenvalue weighted by molar-refractivity contribution is 6.05. The number of nitrogen functional groups attached to an aromatic ring is 1. The number of carbonyl (C=O) groups is 2. The molecule has 1 saturated heterocycles. The molecule has 32 heavy (non-hydrogen) atoms. The first-order valence-corrected chi connectivity index (χ1v) is 10.9. The molecule has 2 amide bonds. The normalized spacial score (nSPS) is 13.6. The van der Waals surface area contributed by atoms with Crippen LogP contribution >= 0.6 is 0 Å². The van der Waals surface area contributed by atoms with Crippen LogP contribution in [0.1, 0.15) is 34.3 Å². The largest absolute Gasteiger partial charge is 0.398 e. The summed E-state index contributed by atoms with van der Waals surface area (Å²) < 4.78 is 0. The highest BCUT2D eigenvalue weighted by Gasteiger charge is 2.13. The summed E-state index contributed by atoms with van der Waals surface area (Å²) in [5, 5.41) is 5.76. The summed E-state index contributed by atoms with van der Waals surface area (Å²) in [4.78, 5) is 27.5. The number of rotatable bonds is 7. The van der Waals surface area contributed by atoms with Crippen LogP contribution in [0, 0.1) is 0 Å². The van der Waals surface area contributed by atoms with Crippen LogP contribution in [0.5, 0.6) is 0 Å². The Balaban J connectivity index is 1.34. The average Bonchev–Trinajstić information content (AvgIpc) is 3.30. The van der Waals surface area contributed by atoms with Gasteiger partial charge in [-0.05, 0) is 73.5 Å². The lowest BCUT2D eigenvalue weighted by molar-refractivity contribution is -0.115. The molecule has 1 heterocycles. The third kappa shape index (κ3) is 5.74. The van der Waals surface area contributed by atoms with Gasteiger partial charge in [0.05, 0.1) is 6.42 Å². The number of hydrogen-bond donors (Lipinski definition) is 3. The third-order valence-electron chi connectivity index (χ3n) is 5.63. The van der Waals surface area contributed by atoms with E-state index in [1.165, 1.54) is 18.4 Å². The van der Waals surface area contributed by atoms with Gasteiger partial charge in [-0.1, -0.05) is 36.4 Å². The molecule has 4 rings (SSSR count). The maximum Gasteiger partial charge on any atom is 0.255 e. The van der Waals surface area contributed by atoms with Gasteiger partial charge in [0, 0.05) is 29.2 Å². The zero-order valence-electron chi connectivity index (χ0n) is 18.0. The summed E-state index contributed by atoms with van der Waals surface area (Å²) in [5.41, 5.74) is 10.3. The summed E-state index contributed by atoms with van der Waals surface area (Å²) in [6.07, 6.45) is 2.72. The Morgan fingerprint density at radius 3 is 2.34 bits per heavy atom. The van der Waals surface area contributed by atoms with Crippen molar-refractivity contribution in [3.63, 3.8) is 0 Å². The van der Waals surface area contributed by atoms with E-state index >= 15 is 0 Å². The molecule has 1 aliphatic rings. The minimum atomic E-state index is -0.222. The van der Waals surface area contributed by atoms with E-state index in [2.05, 4.69) is 27.7 Å². The number of anilines is 3. The van der Waals surface area contributed by atoms with Gasteiger partial charge in [-0.3, -0.25) is 14.5 Å². The molecule has 0 radical (unpaired) electrons. The van der Waals surface area contributed by atoms with Gasteiger partial charge in [0.15, 0.2) is 0 Å². The number of likely N-dealkylation sites (tertiary alicyclic amines) is 1. The van der Waals surface area contributed by atoms with E-state index < -0.39 is 0 Å². The number of carbonyl (C=O) groups excluding carboxylic acids is 2. The van der Waals surface area contributed by atoms with Crippen molar-refractivity contribution in [1.29, 1.82) is 0 Å². The molecule has 1 aliphatic heterocycles. The van der Waals surface area contributed by atoms with Gasteiger partial charge in [-0.15, -0.1) is 0 Å². The number of nitrogens with zero attached hydrogens (tertiary/aromatic N) is 1. The van der Waals surface area contributed by atoms with Crippen LogP contribution in [0.2, 0.25) is 0 Å². The first kappa shape index (κ1) is 21.6. The van der Waals surface area contributed by atoms with E-state index in [1.54, 1.807) is 30.3 Å². The van der Waals surface area contributed by atoms with Crippen LogP contribution in [0.4, 0.5) is 17.1 Å². The molecule has 3 aromatic rings. The van der Waals surface area contributed by atoms with Crippen LogP contribution in [0.15, 0.2) is 72.8 Å². The van der Waals surface area contributed by atoms with Crippen LogP contribution in [0.25, 0.3) is 0 Å². The average molecular weight is 429 g/mol. The van der Waals surface area contributed by atoms with Gasteiger partial charge >= 0.3 is 0 Å². The Morgan fingerprint density at radius 2 is 1.59 bits per heavy atom. The SMILES string of the molecule is Nc1ccccc1CC(=O)Nc1cccc(C(=O)Nc2ccc(CN3CCCC3)cc2)c1. The standard InChI is InChI=1S/C26H28N4O2/c27-24-9-2-1-6-20(24)17-25(31)28-23-8-5-7-21(16-23)26(32)29-22-12-10-19(11-13-22)18-30-14-3-4-15-30/h1-2,5-13,16H,3-4,14-15,17-18,27H2,(H,28,31)(H,29,32). The summed E-state index contributed by atoms with van der Waals surface area (Å²) in [5.74, 6) is -0.408. The predicted octanol–water partition coefficient (Wildman–Crippen LogP) is 4.30. The van der Waals surface area contributed by atoms with Crippen molar-refractivity contribution in [2.24, 2.45) is 0 Å². The fourth-order valence-corrected chi connectivity index (χ4v) is 3.91. The lowest BCUT2D eigenvalue weighted by atomic mass is 10.1. The van der Waals surface area contributed by atoms with Crippen molar-refractivity contribution in [2.75, 3.05) is 29.5 Å². The number of nitrogens with one attached hydrogen (secondary N) is 2. The molecule has 6 nitrogen and oxygen atoms in total. The highest BCUT2D eigenvalue weighted by Crippen LogP contribution is 2.18. The molecular formula is C26H28N4O2. The van der Waals surface area contributed by atoms with Crippen molar-refractivity contribution >= 4 is 28.9 Å². The second-order valence-electron chi connectivity index (χ2n) is 8.14. The smallest absolute Gasteiger partial charge is 0.255 e. The van der Waals surface area contributed by atoms with Gasteiger partial charge in [-0.25, -0.2) is 0 Å². The molecule has 164 valence electrons. The van der Waals surface area contributed by atoms with Gasteiger partial charge < -0.3 is 16.4 Å². The zero-order chi connectivity index (χ0) is 22.3. The lowest BCUT2D eigenvalue weighted by Crippen LogP contribution is -2.18. The van der Waals surface area contributed by atoms with E-state index in [0.717, 1.165) is 30.9 Å². The second-order valence-corrected chi connectivity index (χ2v) is 8.14. The first-order valence-electron chi connectivity index (χ1n) is 10.9. The number of para-hydroxylation sites is 1. The van der Waals surface area contributed by atoms with E-state index in [-0.39, 0.29) is 18.2 Å².